The van der Waals surface area contributed by atoms with Crippen molar-refractivity contribution in [1.82, 2.24) is 0 Å². The smallest absolute Gasteiger partial charge is 0.128 e. The fourth-order valence-corrected chi connectivity index (χ4v) is 3.17. The standard InChI is InChI=1S/C13H10ClF2NOS/c14-10-2-1-3-11(16)9(10)7-19(18)13-5-4-8(15)6-12(13)17/h1-6H,7,17H2. The Bertz CT molecular complexity index is 628. The van der Waals surface area contributed by atoms with E-state index in [9.17, 15) is 13.0 Å². The zero-order valence-corrected chi connectivity index (χ0v) is 11.3. The number of hydrogen-bond donors (Lipinski definition) is 1. The molecule has 0 bridgehead atoms. The van der Waals surface area contributed by atoms with Crippen molar-refractivity contribution < 1.29 is 13.0 Å². The molecule has 6 heteroatoms. The Balaban J connectivity index is 2.31. The number of halogens is 3. The molecule has 2 nitrogen and oxygen atoms in total. The minimum Gasteiger partial charge on any atom is -0.398 e. The normalized spacial score (nSPS) is 12.4. The SMILES string of the molecule is Nc1cc(F)ccc1S(=O)Cc1c(F)cccc1Cl. The van der Waals surface area contributed by atoms with E-state index in [2.05, 4.69) is 0 Å². The van der Waals surface area contributed by atoms with Gasteiger partial charge >= 0.3 is 0 Å². The highest BCUT2D eigenvalue weighted by molar-refractivity contribution is 7.84. The highest BCUT2D eigenvalue weighted by Crippen LogP contribution is 2.25. The van der Waals surface area contributed by atoms with E-state index < -0.39 is 22.4 Å². The van der Waals surface area contributed by atoms with Crippen LogP contribution in [0.2, 0.25) is 5.02 Å². The Labute approximate surface area is 116 Å². The van der Waals surface area contributed by atoms with Crippen molar-refractivity contribution >= 4 is 28.1 Å². The minimum atomic E-state index is -1.59. The van der Waals surface area contributed by atoms with E-state index in [-0.39, 0.29) is 26.9 Å². The lowest BCUT2D eigenvalue weighted by atomic mass is 10.2. The summed E-state index contributed by atoms with van der Waals surface area (Å²) in [5, 5.41) is 0.203. The van der Waals surface area contributed by atoms with E-state index in [0.717, 1.165) is 12.1 Å². The van der Waals surface area contributed by atoms with Crippen molar-refractivity contribution in [3.8, 4) is 0 Å². The first-order chi connectivity index (χ1) is 8.99. The molecule has 0 radical (unpaired) electrons. The Hall–Kier alpha value is -1.46. The molecule has 2 aromatic rings. The van der Waals surface area contributed by atoms with Crippen LogP contribution in [0.1, 0.15) is 5.56 Å². The average Bonchev–Trinajstić information content (AvgIpc) is 2.33. The van der Waals surface area contributed by atoms with Gasteiger partial charge in [0.25, 0.3) is 0 Å². The number of nitrogens with two attached hydrogens (primary N) is 1. The maximum atomic E-state index is 13.6. The van der Waals surface area contributed by atoms with Gasteiger partial charge in [-0.3, -0.25) is 4.21 Å². The lowest BCUT2D eigenvalue weighted by Gasteiger charge is -2.08. The molecule has 2 aromatic carbocycles. The predicted octanol–water partition coefficient (Wildman–Crippen LogP) is 3.51. The minimum absolute atomic E-state index is 0.0748. The fourth-order valence-electron chi connectivity index (χ4n) is 1.61. The Morgan fingerprint density at radius 2 is 1.95 bits per heavy atom. The summed E-state index contributed by atoms with van der Waals surface area (Å²) >= 11 is 5.86. The first-order valence-electron chi connectivity index (χ1n) is 5.35. The van der Waals surface area contributed by atoms with Crippen LogP contribution in [0.4, 0.5) is 14.5 Å². The van der Waals surface area contributed by atoms with Gasteiger partial charge in [-0.2, -0.15) is 0 Å². The van der Waals surface area contributed by atoms with Crippen LogP contribution < -0.4 is 5.73 Å². The molecule has 2 N–H and O–H groups in total. The third-order valence-electron chi connectivity index (χ3n) is 2.55. The van der Waals surface area contributed by atoms with E-state index in [1.807, 2.05) is 0 Å². The van der Waals surface area contributed by atoms with Crippen molar-refractivity contribution in [3.63, 3.8) is 0 Å². The van der Waals surface area contributed by atoms with Crippen LogP contribution in [0.5, 0.6) is 0 Å². The van der Waals surface area contributed by atoms with Crippen molar-refractivity contribution in [2.75, 3.05) is 5.73 Å². The summed E-state index contributed by atoms with van der Waals surface area (Å²) in [7, 11) is -1.59. The van der Waals surface area contributed by atoms with Crippen LogP contribution >= 0.6 is 11.6 Å². The molecule has 0 heterocycles. The summed E-state index contributed by atoms with van der Waals surface area (Å²) in [5.74, 6) is -1.15. The number of nitrogen functional groups attached to an aromatic ring is 1. The second-order valence-corrected chi connectivity index (χ2v) is 5.70. The lowest BCUT2D eigenvalue weighted by molar-refractivity contribution is 0.615. The summed E-state index contributed by atoms with van der Waals surface area (Å²) < 4.78 is 38.6. The van der Waals surface area contributed by atoms with E-state index >= 15 is 0 Å². The van der Waals surface area contributed by atoms with Crippen LogP contribution in [-0.2, 0) is 16.6 Å². The molecule has 2 rings (SSSR count). The molecule has 0 aliphatic rings. The van der Waals surface area contributed by atoms with Gasteiger partial charge in [-0.25, -0.2) is 8.78 Å². The number of anilines is 1. The van der Waals surface area contributed by atoms with Gasteiger partial charge in [0.05, 0.1) is 27.1 Å². The average molecular weight is 302 g/mol. The summed E-state index contributed by atoms with van der Waals surface area (Å²) in [6.45, 7) is 0. The van der Waals surface area contributed by atoms with Crippen LogP contribution in [0.3, 0.4) is 0 Å². The zero-order chi connectivity index (χ0) is 14.0. The van der Waals surface area contributed by atoms with E-state index in [4.69, 9.17) is 17.3 Å². The van der Waals surface area contributed by atoms with Crippen molar-refractivity contribution in [2.45, 2.75) is 10.6 Å². The van der Waals surface area contributed by atoms with Crippen molar-refractivity contribution in [1.29, 1.82) is 0 Å². The Kier molecular flexibility index (Phi) is 4.17. The second-order valence-electron chi connectivity index (χ2n) is 3.87. The van der Waals surface area contributed by atoms with Crippen LogP contribution in [0.25, 0.3) is 0 Å². The molecule has 0 fully saturated rings. The first kappa shape index (κ1) is 14.0. The summed E-state index contributed by atoms with van der Waals surface area (Å²) in [6.07, 6.45) is 0. The van der Waals surface area contributed by atoms with Crippen LogP contribution in [-0.4, -0.2) is 4.21 Å². The van der Waals surface area contributed by atoms with Gasteiger partial charge in [0.15, 0.2) is 0 Å². The largest absolute Gasteiger partial charge is 0.398 e. The van der Waals surface area contributed by atoms with Crippen LogP contribution in [0.15, 0.2) is 41.3 Å². The van der Waals surface area contributed by atoms with Crippen LogP contribution in [0, 0.1) is 11.6 Å². The second kappa shape index (κ2) is 5.67. The van der Waals surface area contributed by atoms with Gasteiger partial charge in [0.2, 0.25) is 0 Å². The van der Waals surface area contributed by atoms with E-state index in [1.54, 1.807) is 0 Å². The lowest BCUT2D eigenvalue weighted by Crippen LogP contribution is -2.03. The molecule has 0 saturated carbocycles. The van der Waals surface area contributed by atoms with Gasteiger partial charge < -0.3 is 5.73 Å². The predicted molar refractivity (Wildman–Crippen MR) is 72.3 cm³/mol. The molecule has 0 saturated heterocycles. The topological polar surface area (TPSA) is 43.1 Å². The van der Waals surface area contributed by atoms with Gasteiger partial charge in [-0.05, 0) is 30.3 Å². The molecule has 100 valence electrons. The molecule has 0 spiro atoms. The highest BCUT2D eigenvalue weighted by atomic mass is 35.5. The van der Waals surface area contributed by atoms with Gasteiger partial charge in [0.1, 0.15) is 11.6 Å². The monoisotopic (exact) mass is 301 g/mol. The maximum absolute atomic E-state index is 13.6. The van der Waals surface area contributed by atoms with Gasteiger partial charge in [-0.1, -0.05) is 17.7 Å². The third kappa shape index (κ3) is 3.11. The molecule has 0 amide bonds. The third-order valence-corrected chi connectivity index (χ3v) is 4.32. The highest BCUT2D eigenvalue weighted by Gasteiger charge is 2.14. The summed E-state index contributed by atoms with van der Waals surface area (Å²) in [6, 6.07) is 7.80. The molecule has 0 aromatic heterocycles. The maximum Gasteiger partial charge on any atom is 0.128 e. The molecular formula is C13H10ClF2NOS. The van der Waals surface area contributed by atoms with E-state index in [0.29, 0.717) is 0 Å². The van der Waals surface area contributed by atoms with Gasteiger partial charge in [-0.15, -0.1) is 0 Å². The van der Waals surface area contributed by atoms with Crippen molar-refractivity contribution in [2.24, 2.45) is 0 Å². The molecule has 19 heavy (non-hydrogen) atoms. The van der Waals surface area contributed by atoms with Gasteiger partial charge in [0, 0.05) is 10.6 Å². The Morgan fingerprint density at radius 1 is 1.21 bits per heavy atom. The van der Waals surface area contributed by atoms with E-state index in [1.165, 1.54) is 24.3 Å². The summed E-state index contributed by atoms with van der Waals surface area (Å²) in [5.41, 5.74) is 5.83. The molecule has 1 atom stereocenters. The quantitative estimate of drug-likeness (QED) is 0.882. The number of hydrogen-bond acceptors (Lipinski definition) is 2. The zero-order valence-electron chi connectivity index (χ0n) is 9.70. The number of benzene rings is 2. The Morgan fingerprint density at radius 3 is 2.58 bits per heavy atom. The summed E-state index contributed by atoms with van der Waals surface area (Å²) in [4.78, 5) is 0.265. The molecule has 0 aliphatic carbocycles. The van der Waals surface area contributed by atoms with Crippen molar-refractivity contribution in [3.05, 3.63) is 58.6 Å². The first-order valence-corrected chi connectivity index (χ1v) is 7.05. The fraction of sp³-hybridized carbons (Fsp3) is 0.0769. The molecular weight excluding hydrogens is 292 g/mol. The number of rotatable bonds is 3. The molecule has 0 aliphatic heterocycles. The molecule has 1 unspecified atom stereocenters.